The number of nitrogens with zero attached hydrogens (tertiary/aromatic N) is 4. The molecule has 7 heteroatoms. The lowest BCUT2D eigenvalue weighted by molar-refractivity contribution is -0.143. The molecule has 2 aromatic rings. The first kappa shape index (κ1) is 13.3. The van der Waals surface area contributed by atoms with Crippen LogP contribution < -0.4 is 5.32 Å². The molecule has 19 heavy (non-hydrogen) atoms. The standard InChI is InChI=1S/C12H17N5O2/c1-3-19-11(18)5-4-6-13-10-7-9(2)16-12-14-8-15-17(10)12/h7-8,13H,3-6H2,1-2H3. The van der Waals surface area contributed by atoms with Gasteiger partial charge < -0.3 is 10.1 Å². The van der Waals surface area contributed by atoms with Gasteiger partial charge in [-0.05, 0) is 20.3 Å². The molecule has 0 aliphatic rings. The van der Waals surface area contributed by atoms with Gasteiger partial charge in [0, 0.05) is 24.7 Å². The summed E-state index contributed by atoms with van der Waals surface area (Å²) in [6.45, 7) is 4.79. The minimum Gasteiger partial charge on any atom is -0.466 e. The van der Waals surface area contributed by atoms with Crippen LogP contribution in [0.5, 0.6) is 0 Å². The lowest BCUT2D eigenvalue weighted by Gasteiger charge is -2.08. The molecule has 2 heterocycles. The molecule has 0 saturated heterocycles. The fraction of sp³-hybridized carbons (Fsp3) is 0.500. The molecule has 2 aromatic heterocycles. The normalized spacial score (nSPS) is 10.6. The number of nitrogens with one attached hydrogen (secondary N) is 1. The van der Waals surface area contributed by atoms with Crippen LogP contribution in [-0.2, 0) is 9.53 Å². The molecular weight excluding hydrogens is 246 g/mol. The Morgan fingerprint density at radius 3 is 3.16 bits per heavy atom. The van der Waals surface area contributed by atoms with Gasteiger partial charge in [-0.1, -0.05) is 0 Å². The Morgan fingerprint density at radius 2 is 2.37 bits per heavy atom. The van der Waals surface area contributed by atoms with Gasteiger partial charge in [-0.25, -0.2) is 4.98 Å². The molecular formula is C12H17N5O2. The molecule has 0 atom stereocenters. The summed E-state index contributed by atoms with van der Waals surface area (Å²) in [4.78, 5) is 19.5. The number of rotatable bonds is 6. The summed E-state index contributed by atoms with van der Waals surface area (Å²) in [5.74, 6) is 1.22. The number of aromatic nitrogens is 4. The maximum Gasteiger partial charge on any atom is 0.305 e. The van der Waals surface area contributed by atoms with Crippen LogP contribution in [0.2, 0.25) is 0 Å². The minimum atomic E-state index is -0.166. The van der Waals surface area contributed by atoms with E-state index in [9.17, 15) is 4.79 Å². The molecule has 0 bridgehead atoms. The molecule has 0 radical (unpaired) electrons. The molecule has 0 spiro atoms. The molecule has 0 fully saturated rings. The Balaban J connectivity index is 1.91. The maximum absolute atomic E-state index is 11.2. The van der Waals surface area contributed by atoms with Crippen molar-refractivity contribution in [1.29, 1.82) is 0 Å². The minimum absolute atomic E-state index is 0.166. The molecule has 0 aliphatic carbocycles. The second kappa shape index (κ2) is 6.12. The Kier molecular flexibility index (Phi) is 4.27. The van der Waals surface area contributed by atoms with Crippen molar-refractivity contribution in [2.24, 2.45) is 0 Å². The van der Waals surface area contributed by atoms with Gasteiger partial charge in [0.05, 0.1) is 6.61 Å². The van der Waals surface area contributed by atoms with Crippen LogP contribution in [0.4, 0.5) is 5.82 Å². The third-order valence-corrected chi connectivity index (χ3v) is 2.55. The highest BCUT2D eigenvalue weighted by Gasteiger charge is 2.05. The van der Waals surface area contributed by atoms with Gasteiger partial charge in [0.15, 0.2) is 0 Å². The van der Waals surface area contributed by atoms with Crippen molar-refractivity contribution < 1.29 is 9.53 Å². The molecule has 0 amide bonds. The van der Waals surface area contributed by atoms with E-state index in [1.54, 1.807) is 11.4 Å². The number of fused-ring (bicyclic) bond motifs is 1. The SMILES string of the molecule is CCOC(=O)CCCNc1cc(C)nc2ncnn12. The van der Waals surface area contributed by atoms with Crippen LogP contribution in [0.25, 0.3) is 5.78 Å². The Hall–Kier alpha value is -2.18. The highest BCUT2D eigenvalue weighted by atomic mass is 16.5. The van der Waals surface area contributed by atoms with E-state index in [4.69, 9.17) is 4.74 Å². The summed E-state index contributed by atoms with van der Waals surface area (Å²) >= 11 is 0. The van der Waals surface area contributed by atoms with Crippen molar-refractivity contribution in [1.82, 2.24) is 19.6 Å². The largest absolute Gasteiger partial charge is 0.466 e. The van der Waals surface area contributed by atoms with Crippen molar-refractivity contribution in [3.63, 3.8) is 0 Å². The fourth-order valence-corrected chi connectivity index (χ4v) is 1.74. The zero-order valence-electron chi connectivity index (χ0n) is 11.1. The second-order valence-corrected chi connectivity index (χ2v) is 4.09. The van der Waals surface area contributed by atoms with Crippen LogP contribution in [-0.4, -0.2) is 38.7 Å². The van der Waals surface area contributed by atoms with E-state index in [-0.39, 0.29) is 5.97 Å². The average molecular weight is 263 g/mol. The molecule has 0 aliphatic heterocycles. The first-order chi connectivity index (χ1) is 9.20. The van der Waals surface area contributed by atoms with E-state index in [0.717, 1.165) is 11.5 Å². The van der Waals surface area contributed by atoms with E-state index in [1.807, 2.05) is 13.0 Å². The lowest BCUT2D eigenvalue weighted by Crippen LogP contribution is -2.11. The van der Waals surface area contributed by atoms with E-state index in [2.05, 4.69) is 20.4 Å². The zero-order valence-corrected chi connectivity index (χ0v) is 11.1. The number of anilines is 1. The Bertz CT molecular complexity index is 566. The van der Waals surface area contributed by atoms with Crippen molar-refractivity contribution in [2.45, 2.75) is 26.7 Å². The van der Waals surface area contributed by atoms with Gasteiger partial charge in [0.25, 0.3) is 5.78 Å². The number of esters is 1. The zero-order chi connectivity index (χ0) is 13.7. The number of aryl methyl sites for hydroxylation is 1. The second-order valence-electron chi connectivity index (χ2n) is 4.09. The summed E-state index contributed by atoms with van der Waals surface area (Å²) in [7, 11) is 0. The summed E-state index contributed by atoms with van der Waals surface area (Å²) in [5.41, 5.74) is 0.869. The molecule has 0 saturated carbocycles. The molecule has 0 aromatic carbocycles. The smallest absolute Gasteiger partial charge is 0.305 e. The Labute approximate surface area is 111 Å². The number of ether oxygens (including phenoxy) is 1. The Morgan fingerprint density at radius 1 is 1.53 bits per heavy atom. The molecule has 1 N–H and O–H groups in total. The van der Waals surface area contributed by atoms with E-state index < -0.39 is 0 Å². The average Bonchev–Trinajstić information content (AvgIpc) is 2.82. The molecule has 102 valence electrons. The third-order valence-electron chi connectivity index (χ3n) is 2.55. The summed E-state index contributed by atoms with van der Waals surface area (Å²) in [6.07, 6.45) is 2.58. The van der Waals surface area contributed by atoms with E-state index in [1.165, 1.54) is 6.33 Å². The van der Waals surface area contributed by atoms with Gasteiger partial charge in [0.2, 0.25) is 0 Å². The van der Waals surface area contributed by atoms with Crippen LogP contribution in [0.15, 0.2) is 12.4 Å². The topological polar surface area (TPSA) is 81.4 Å². The van der Waals surface area contributed by atoms with Crippen molar-refractivity contribution in [3.8, 4) is 0 Å². The first-order valence-corrected chi connectivity index (χ1v) is 6.27. The van der Waals surface area contributed by atoms with Gasteiger partial charge in [-0.2, -0.15) is 14.6 Å². The highest BCUT2D eigenvalue weighted by molar-refractivity contribution is 5.69. The van der Waals surface area contributed by atoms with Gasteiger partial charge in [-0.15, -0.1) is 0 Å². The lowest BCUT2D eigenvalue weighted by atomic mass is 10.3. The number of carbonyl (C=O) groups is 1. The molecule has 0 unspecified atom stereocenters. The number of carbonyl (C=O) groups excluding carboxylic acids is 1. The summed E-state index contributed by atoms with van der Waals surface area (Å²) < 4.78 is 6.50. The number of hydrogen-bond acceptors (Lipinski definition) is 6. The van der Waals surface area contributed by atoms with Crippen molar-refractivity contribution in [2.75, 3.05) is 18.5 Å². The number of hydrogen-bond donors (Lipinski definition) is 1. The van der Waals surface area contributed by atoms with Gasteiger partial charge in [0.1, 0.15) is 12.1 Å². The predicted molar refractivity (Wildman–Crippen MR) is 69.9 cm³/mol. The van der Waals surface area contributed by atoms with Crippen molar-refractivity contribution in [3.05, 3.63) is 18.1 Å². The predicted octanol–water partition coefficient (Wildman–Crippen LogP) is 1.19. The van der Waals surface area contributed by atoms with E-state index in [0.29, 0.717) is 31.8 Å². The van der Waals surface area contributed by atoms with Gasteiger partial charge >= 0.3 is 5.97 Å². The fourth-order valence-electron chi connectivity index (χ4n) is 1.74. The van der Waals surface area contributed by atoms with Crippen LogP contribution in [0.1, 0.15) is 25.5 Å². The molecule has 7 nitrogen and oxygen atoms in total. The molecule has 2 rings (SSSR count). The summed E-state index contributed by atoms with van der Waals surface area (Å²) in [5, 5.41) is 7.32. The third kappa shape index (κ3) is 3.40. The van der Waals surface area contributed by atoms with Crippen LogP contribution in [0, 0.1) is 6.92 Å². The van der Waals surface area contributed by atoms with Crippen LogP contribution in [0.3, 0.4) is 0 Å². The van der Waals surface area contributed by atoms with Crippen LogP contribution >= 0.6 is 0 Å². The quantitative estimate of drug-likeness (QED) is 0.622. The maximum atomic E-state index is 11.2. The first-order valence-electron chi connectivity index (χ1n) is 6.27. The van der Waals surface area contributed by atoms with Gasteiger partial charge in [-0.3, -0.25) is 4.79 Å². The summed E-state index contributed by atoms with van der Waals surface area (Å²) in [6, 6.07) is 1.89. The van der Waals surface area contributed by atoms with Crippen molar-refractivity contribution >= 4 is 17.6 Å². The highest BCUT2D eigenvalue weighted by Crippen LogP contribution is 2.10. The van der Waals surface area contributed by atoms with E-state index >= 15 is 0 Å². The monoisotopic (exact) mass is 263 g/mol.